The monoisotopic (exact) mass is 398 g/mol. The fraction of sp³-hybridized carbons (Fsp3) is 0.364. The van der Waals surface area contributed by atoms with Gasteiger partial charge in [0, 0.05) is 29.8 Å². The van der Waals surface area contributed by atoms with Crippen LogP contribution in [0.1, 0.15) is 65.1 Å². The van der Waals surface area contributed by atoms with Gasteiger partial charge in [0.2, 0.25) is 0 Å². The molecule has 1 aliphatic rings. The lowest BCUT2D eigenvalue weighted by Crippen LogP contribution is -2.33. The molecule has 1 amide bonds. The van der Waals surface area contributed by atoms with Crippen molar-refractivity contribution in [3.63, 3.8) is 0 Å². The lowest BCUT2D eigenvalue weighted by Gasteiger charge is -2.21. The molecule has 0 saturated heterocycles. The van der Waals surface area contributed by atoms with Gasteiger partial charge in [0.25, 0.3) is 11.5 Å². The first-order chi connectivity index (χ1) is 13.8. The number of primary amides is 1. The third-order valence-electron chi connectivity index (χ3n) is 4.57. The third-order valence-corrected chi connectivity index (χ3v) is 4.57. The summed E-state index contributed by atoms with van der Waals surface area (Å²) in [5, 5.41) is 0. The number of ether oxygens (including phenoxy) is 1. The normalized spacial score (nSPS) is 12.4. The van der Waals surface area contributed by atoms with Gasteiger partial charge in [0.1, 0.15) is 5.56 Å². The number of aromatic nitrogens is 1. The predicted octanol–water partition coefficient (Wildman–Crippen LogP) is 2.72. The van der Waals surface area contributed by atoms with Crippen LogP contribution < -0.4 is 11.3 Å². The zero-order valence-electron chi connectivity index (χ0n) is 17.0. The van der Waals surface area contributed by atoms with Gasteiger partial charge in [-0.1, -0.05) is 24.6 Å². The third kappa shape index (κ3) is 5.19. The van der Waals surface area contributed by atoms with Crippen LogP contribution in [0.3, 0.4) is 0 Å². The zero-order valence-corrected chi connectivity index (χ0v) is 17.0. The molecule has 0 radical (unpaired) electrons. The van der Waals surface area contributed by atoms with Crippen LogP contribution in [0.15, 0.2) is 35.1 Å². The highest BCUT2D eigenvalue weighted by Crippen LogP contribution is 2.23. The van der Waals surface area contributed by atoms with Crippen molar-refractivity contribution in [2.24, 2.45) is 5.73 Å². The molecule has 154 valence electrons. The molecule has 0 unspecified atom stereocenters. The Bertz CT molecular complexity index is 974. The lowest BCUT2D eigenvalue weighted by molar-refractivity contribution is -0.142. The van der Waals surface area contributed by atoms with E-state index in [4.69, 9.17) is 5.73 Å². The molecule has 7 heteroatoms. The Hall–Kier alpha value is -3.22. The Morgan fingerprint density at radius 2 is 1.76 bits per heavy atom. The minimum Gasteiger partial charge on any atom is -0.466 e. The zero-order chi connectivity index (χ0) is 21.6. The van der Waals surface area contributed by atoms with Crippen molar-refractivity contribution in [2.45, 2.75) is 46.5 Å². The van der Waals surface area contributed by atoms with E-state index in [1.165, 1.54) is 10.6 Å². The average Bonchev–Trinajstić information content (AvgIpc) is 2.69. The summed E-state index contributed by atoms with van der Waals surface area (Å²) in [6.45, 7) is 6.02. The molecule has 1 aromatic carbocycles. The van der Waals surface area contributed by atoms with Crippen molar-refractivity contribution in [3.05, 3.63) is 63.1 Å². The molecule has 2 aromatic rings. The number of amides is 1. The largest absolute Gasteiger partial charge is 0.466 e. The van der Waals surface area contributed by atoms with E-state index in [-0.39, 0.29) is 17.3 Å². The second kappa shape index (κ2) is 9.82. The second-order valence-electron chi connectivity index (χ2n) is 6.69. The minimum atomic E-state index is -0.813. The van der Waals surface area contributed by atoms with Crippen molar-refractivity contribution in [2.75, 3.05) is 6.61 Å². The molecule has 0 bridgehead atoms. The maximum absolute atomic E-state index is 12.6. The number of esters is 1. The predicted molar refractivity (Wildman–Crippen MR) is 109 cm³/mol. The van der Waals surface area contributed by atoms with Gasteiger partial charge in [0.05, 0.1) is 6.61 Å². The Morgan fingerprint density at radius 1 is 1.10 bits per heavy atom. The van der Waals surface area contributed by atoms with Gasteiger partial charge >= 0.3 is 5.97 Å². The maximum atomic E-state index is 12.6. The number of Topliss-reactive ketones (excluding diaryl/α,β-unsaturated/α-hetero) is 1. The van der Waals surface area contributed by atoms with Crippen LogP contribution in [0.2, 0.25) is 0 Å². The van der Waals surface area contributed by atoms with Crippen molar-refractivity contribution in [1.82, 2.24) is 4.57 Å². The maximum Gasteiger partial charge on any atom is 0.305 e. The molecular formula is C22H26N2O5. The van der Waals surface area contributed by atoms with Crippen LogP contribution in [0.4, 0.5) is 0 Å². The lowest BCUT2D eigenvalue weighted by atomic mass is 9.92. The number of carbonyl (C=O) groups is 3. The number of pyridine rings is 1. The molecule has 7 nitrogen and oxygen atoms in total. The van der Waals surface area contributed by atoms with Crippen molar-refractivity contribution < 1.29 is 19.1 Å². The molecule has 0 atom stereocenters. The van der Waals surface area contributed by atoms with E-state index in [0.29, 0.717) is 49.2 Å². The van der Waals surface area contributed by atoms with Gasteiger partial charge in [-0.05, 0) is 44.9 Å². The fourth-order valence-electron chi connectivity index (χ4n) is 3.10. The van der Waals surface area contributed by atoms with Crippen LogP contribution in [0.25, 0.3) is 5.69 Å². The van der Waals surface area contributed by atoms with E-state index in [2.05, 4.69) is 4.74 Å². The Labute approximate surface area is 169 Å². The smallest absolute Gasteiger partial charge is 0.305 e. The van der Waals surface area contributed by atoms with Crippen LogP contribution in [0, 0.1) is 6.92 Å². The highest BCUT2D eigenvalue weighted by Gasteiger charge is 2.25. The summed E-state index contributed by atoms with van der Waals surface area (Å²) in [5.41, 5.74) is 7.49. The summed E-state index contributed by atoms with van der Waals surface area (Å²) in [4.78, 5) is 46.5. The van der Waals surface area contributed by atoms with Gasteiger partial charge in [-0.25, -0.2) is 0 Å². The standard InChI is InChI=1S/C17H16N2O3.C5H10O2/c1-10-5-7-11(8-6-10)19-14-3-2-4-15(20)12(14)9-13(16(18)21)17(19)22;1-3-5(6)7-4-2/h5-9H,2-4H2,1H3,(H2,18,21);3-4H2,1-2H3. The van der Waals surface area contributed by atoms with Gasteiger partial charge in [-0.2, -0.15) is 0 Å². The van der Waals surface area contributed by atoms with Gasteiger partial charge < -0.3 is 10.5 Å². The summed E-state index contributed by atoms with van der Waals surface area (Å²) >= 11 is 0. The van der Waals surface area contributed by atoms with Crippen LogP contribution in [0.5, 0.6) is 0 Å². The van der Waals surface area contributed by atoms with E-state index in [0.717, 1.165) is 5.56 Å². The topological polar surface area (TPSA) is 108 Å². The Balaban J connectivity index is 0.000000370. The number of aryl methyl sites for hydroxylation is 1. The first-order valence-electron chi connectivity index (χ1n) is 9.64. The number of hydrogen-bond acceptors (Lipinski definition) is 5. The van der Waals surface area contributed by atoms with E-state index >= 15 is 0 Å². The summed E-state index contributed by atoms with van der Waals surface area (Å²) in [6.07, 6.45) is 2.24. The molecule has 1 heterocycles. The number of benzene rings is 1. The average molecular weight is 398 g/mol. The number of nitrogens with two attached hydrogens (primary N) is 1. The van der Waals surface area contributed by atoms with Gasteiger partial charge in [0.15, 0.2) is 5.78 Å². The Kier molecular flexibility index (Phi) is 7.47. The number of ketones is 1. The molecule has 0 fully saturated rings. The minimum absolute atomic E-state index is 0.0513. The summed E-state index contributed by atoms with van der Waals surface area (Å²) < 4.78 is 6.00. The first-order valence-corrected chi connectivity index (χ1v) is 9.64. The van der Waals surface area contributed by atoms with Crippen molar-refractivity contribution >= 4 is 17.7 Å². The summed E-state index contributed by atoms with van der Waals surface area (Å²) in [5.74, 6) is -0.987. The SMILES string of the molecule is CCOC(=O)CC.Cc1ccc(-n2c3c(cc(C(N)=O)c2=O)C(=O)CCC3)cc1. The number of fused-ring (bicyclic) bond motifs is 1. The summed E-state index contributed by atoms with van der Waals surface area (Å²) in [6, 6.07) is 8.74. The quantitative estimate of drug-likeness (QED) is 0.797. The van der Waals surface area contributed by atoms with E-state index in [9.17, 15) is 19.2 Å². The molecular weight excluding hydrogens is 372 g/mol. The fourth-order valence-corrected chi connectivity index (χ4v) is 3.10. The molecule has 0 aliphatic heterocycles. The van der Waals surface area contributed by atoms with E-state index < -0.39 is 11.5 Å². The molecule has 3 rings (SSSR count). The number of nitrogens with zero attached hydrogens (tertiary/aromatic N) is 1. The second-order valence-corrected chi connectivity index (χ2v) is 6.69. The molecule has 1 aliphatic carbocycles. The van der Waals surface area contributed by atoms with Crippen LogP contribution in [-0.4, -0.2) is 28.8 Å². The molecule has 0 saturated carbocycles. The molecule has 1 aromatic heterocycles. The van der Waals surface area contributed by atoms with Gasteiger partial charge in [-0.3, -0.25) is 23.7 Å². The van der Waals surface area contributed by atoms with Crippen molar-refractivity contribution in [3.8, 4) is 5.69 Å². The number of hydrogen-bond donors (Lipinski definition) is 1. The first kappa shape index (κ1) is 22.1. The van der Waals surface area contributed by atoms with Crippen LogP contribution in [-0.2, 0) is 16.0 Å². The Morgan fingerprint density at radius 3 is 2.28 bits per heavy atom. The number of rotatable bonds is 4. The molecule has 2 N–H and O–H groups in total. The van der Waals surface area contributed by atoms with Gasteiger partial charge in [-0.15, -0.1) is 0 Å². The van der Waals surface area contributed by atoms with Crippen molar-refractivity contribution in [1.29, 1.82) is 0 Å². The molecule has 29 heavy (non-hydrogen) atoms. The molecule has 0 spiro atoms. The van der Waals surface area contributed by atoms with E-state index in [1.807, 2.05) is 19.1 Å². The highest BCUT2D eigenvalue weighted by atomic mass is 16.5. The number of carbonyl (C=O) groups excluding carboxylic acids is 3. The van der Waals surface area contributed by atoms with Crippen LogP contribution >= 0.6 is 0 Å². The summed E-state index contributed by atoms with van der Waals surface area (Å²) in [7, 11) is 0. The highest BCUT2D eigenvalue weighted by molar-refractivity contribution is 6.01. The van der Waals surface area contributed by atoms with E-state index in [1.54, 1.807) is 26.0 Å².